The van der Waals surface area contributed by atoms with Crippen molar-refractivity contribution in [1.82, 2.24) is 15.1 Å². The molecule has 1 N–H and O–H groups in total. The highest BCUT2D eigenvalue weighted by atomic mass is 19.1. The molecule has 1 aromatic heterocycles. The Hall–Kier alpha value is -1.95. The van der Waals surface area contributed by atoms with Gasteiger partial charge in [-0.25, -0.2) is 13.5 Å². The minimum absolute atomic E-state index is 0.404. The van der Waals surface area contributed by atoms with Gasteiger partial charge < -0.3 is 10.2 Å². The fraction of sp³-hybridized carbons (Fsp3) is 0.357. The van der Waals surface area contributed by atoms with E-state index in [4.69, 9.17) is 0 Å². The van der Waals surface area contributed by atoms with Gasteiger partial charge in [0, 0.05) is 44.0 Å². The van der Waals surface area contributed by atoms with E-state index in [9.17, 15) is 8.78 Å². The Labute approximate surface area is 116 Å². The lowest BCUT2D eigenvalue weighted by atomic mass is 10.3. The van der Waals surface area contributed by atoms with Crippen LogP contribution in [0.2, 0.25) is 0 Å². The van der Waals surface area contributed by atoms with Crippen LogP contribution in [-0.4, -0.2) is 36.0 Å². The van der Waals surface area contributed by atoms with E-state index in [1.807, 2.05) is 13.0 Å². The van der Waals surface area contributed by atoms with Crippen LogP contribution in [0, 0.1) is 18.6 Å². The summed E-state index contributed by atoms with van der Waals surface area (Å²) in [6.45, 7) is 5.48. The zero-order valence-corrected chi connectivity index (χ0v) is 11.2. The van der Waals surface area contributed by atoms with Gasteiger partial charge in [-0.05, 0) is 19.1 Å². The van der Waals surface area contributed by atoms with Crippen molar-refractivity contribution in [2.24, 2.45) is 0 Å². The molecule has 1 aliphatic heterocycles. The third-order valence-electron chi connectivity index (χ3n) is 3.41. The Morgan fingerprint density at radius 3 is 2.35 bits per heavy atom. The Balaban J connectivity index is 1.95. The molecule has 2 heterocycles. The molecule has 0 saturated carbocycles. The third-order valence-corrected chi connectivity index (χ3v) is 3.41. The van der Waals surface area contributed by atoms with Gasteiger partial charge in [0.2, 0.25) is 0 Å². The first-order valence-electron chi connectivity index (χ1n) is 6.62. The van der Waals surface area contributed by atoms with Crippen LogP contribution in [0.15, 0.2) is 24.3 Å². The first kappa shape index (κ1) is 13.1. The number of aryl methyl sites for hydroxylation is 1. The van der Waals surface area contributed by atoms with Crippen LogP contribution < -0.4 is 10.2 Å². The molecule has 0 unspecified atom stereocenters. The molecule has 0 amide bonds. The lowest BCUT2D eigenvalue weighted by molar-refractivity contribution is 0.576. The van der Waals surface area contributed by atoms with Crippen LogP contribution in [-0.2, 0) is 0 Å². The highest BCUT2D eigenvalue weighted by molar-refractivity contribution is 5.44. The maximum atomic E-state index is 13.3. The van der Waals surface area contributed by atoms with Gasteiger partial charge >= 0.3 is 0 Å². The fourth-order valence-corrected chi connectivity index (χ4v) is 2.43. The minimum Gasteiger partial charge on any atom is -0.353 e. The molecule has 1 aliphatic rings. The van der Waals surface area contributed by atoms with E-state index in [1.54, 1.807) is 4.68 Å². The van der Waals surface area contributed by atoms with Crippen LogP contribution >= 0.6 is 0 Å². The number of hydrogen-bond donors (Lipinski definition) is 1. The molecule has 2 aromatic rings. The molecule has 0 radical (unpaired) electrons. The van der Waals surface area contributed by atoms with Crippen LogP contribution in [0.3, 0.4) is 0 Å². The normalized spacial score (nSPS) is 15.7. The van der Waals surface area contributed by atoms with Gasteiger partial charge in [0.15, 0.2) is 5.82 Å². The highest BCUT2D eigenvalue weighted by Crippen LogP contribution is 2.20. The van der Waals surface area contributed by atoms with E-state index in [1.165, 1.54) is 12.1 Å². The molecule has 0 spiro atoms. The fourth-order valence-electron chi connectivity index (χ4n) is 2.43. The van der Waals surface area contributed by atoms with Gasteiger partial charge in [-0.1, -0.05) is 0 Å². The van der Waals surface area contributed by atoms with Gasteiger partial charge in [-0.3, -0.25) is 0 Å². The maximum absolute atomic E-state index is 13.3. The molecule has 1 fully saturated rings. The number of aromatic nitrogens is 2. The predicted molar refractivity (Wildman–Crippen MR) is 73.3 cm³/mol. The zero-order valence-electron chi connectivity index (χ0n) is 11.2. The predicted octanol–water partition coefficient (Wildman–Crippen LogP) is 1.87. The molecule has 1 saturated heterocycles. The molecule has 106 valence electrons. The Bertz CT molecular complexity index is 597. The van der Waals surface area contributed by atoms with Crippen molar-refractivity contribution in [3.63, 3.8) is 0 Å². The van der Waals surface area contributed by atoms with Crippen molar-refractivity contribution in [1.29, 1.82) is 0 Å². The average molecular weight is 278 g/mol. The van der Waals surface area contributed by atoms with Gasteiger partial charge in [0.25, 0.3) is 0 Å². The summed E-state index contributed by atoms with van der Waals surface area (Å²) in [5.41, 5.74) is 1.25. The van der Waals surface area contributed by atoms with E-state index >= 15 is 0 Å². The van der Waals surface area contributed by atoms with E-state index in [-0.39, 0.29) is 0 Å². The number of piperazine rings is 1. The Morgan fingerprint density at radius 1 is 1.05 bits per heavy atom. The lowest BCUT2D eigenvalue weighted by Crippen LogP contribution is -2.43. The molecular formula is C14H16F2N4. The summed E-state index contributed by atoms with van der Waals surface area (Å²) >= 11 is 0. The van der Waals surface area contributed by atoms with Crippen LogP contribution in [0.4, 0.5) is 14.6 Å². The number of rotatable bonds is 2. The minimum atomic E-state index is -0.598. The summed E-state index contributed by atoms with van der Waals surface area (Å²) < 4.78 is 28.2. The summed E-state index contributed by atoms with van der Waals surface area (Å²) in [5.74, 6) is -0.356. The molecule has 3 rings (SSSR count). The van der Waals surface area contributed by atoms with Crippen molar-refractivity contribution < 1.29 is 8.78 Å². The number of nitrogens with zero attached hydrogens (tertiary/aromatic N) is 3. The molecule has 1 aromatic carbocycles. The Kier molecular flexibility index (Phi) is 3.40. The van der Waals surface area contributed by atoms with Crippen LogP contribution in [0.5, 0.6) is 0 Å². The van der Waals surface area contributed by atoms with Crippen LogP contribution in [0.25, 0.3) is 5.69 Å². The van der Waals surface area contributed by atoms with Gasteiger partial charge in [0.05, 0.1) is 5.69 Å². The Morgan fingerprint density at radius 2 is 1.70 bits per heavy atom. The topological polar surface area (TPSA) is 33.1 Å². The van der Waals surface area contributed by atoms with E-state index in [2.05, 4.69) is 15.3 Å². The van der Waals surface area contributed by atoms with Gasteiger partial charge in [-0.2, -0.15) is 5.10 Å². The lowest BCUT2D eigenvalue weighted by Gasteiger charge is -2.27. The second-order valence-electron chi connectivity index (χ2n) is 4.92. The number of nitrogens with one attached hydrogen (secondary N) is 1. The van der Waals surface area contributed by atoms with E-state index in [0.29, 0.717) is 5.69 Å². The molecule has 4 nitrogen and oxygen atoms in total. The number of hydrogen-bond acceptors (Lipinski definition) is 3. The van der Waals surface area contributed by atoms with E-state index < -0.39 is 11.6 Å². The number of benzene rings is 1. The standard InChI is InChI=1S/C14H16F2N4/c1-10-6-14(19-4-2-17-3-5-19)18-20(10)13-8-11(15)7-12(16)9-13/h6-9,17H,2-5H2,1H3. The van der Waals surface area contributed by atoms with Crippen LogP contribution in [0.1, 0.15) is 5.69 Å². The van der Waals surface area contributed by atoms with Crippen molar-refractivity contribution in [3.05, 3.63) is 41.6 Å². The SMILES string of the molecule is Cc1cc(N2CCNCC2)nn1-c1cc(F)cc(F)c1. The molecule has 20 heavy (non-hydrogen) atoms. The van der Waals surface area contributed by atoms with Crippen molar-refractivity contribution in [2.75, 3.05) is 31.1 Å². The molecule has 6 heteroatoms. The summed E-state index contributed by atoms with van der Waals surface area (Å²) in [7, 11) is 0. The molecule has 0 bridgehead atoms. The van der Waals surface area contributed by atoms with Crippen molar-refractivity contribution in [3.8, 4) is 5.69 Å². The molecule has 0 aliphatic carbocycles. The number of anilines is 1. The summed E-state index contributed by atoms with van der Waals surface area (Å²) in [6.07, 6.45) is 0. The average Bonchev–Trinajstić information content (AvgIpc) is 2.81. The monoisotopic (exact) mass is 278 g/mol. The third kappa shape index (κ3) is 2.51. The zero-order chi connectivity index (χ0) is 14.1. The summed E-state index contributed by atoms with van der Waals surface area (Å²) in [5, 5.41) is 7.74. The van der Waals surface area contributed by atoms with E-state index in [0.717, 1.165) is 43.8 Å². The van der Waals surface area contributed by atoms with Gasteiger partial charge in [0.1, 0.15) is 11.6 Å². The quantitative estimate of drug-likeness (QED) is 0.910. The van der Waals surface area contributed by atoms with Crippen molar-refractivity contribution >= 4 is 5.82 Å². The van der Waals surface area contributed by atoms with Crippen molar-refractivity contribution in [2.45, 2.75) is 6.92 Å². The summed E-state index contributed by atoms with van der Waals surface area (Å²) in [4.78, 5) is 2.16. The largest absolute Gasteiger partial charge is 0.353 e. The number of halogens is 2. The summed E-state index contributed by atoms with van der Waals surface area (Å²) in [6, 6.07) is 5.36. The second kappa shape index (κ2) is 5.20. The highest BCUT2D eigenvalue weighted by Gasteiger charge is 2.15. The molecule has 0 atom stereocenters. The second-order valence-corrected chi connectivity index (χ2v) is 4.92. The molecular weight excluding hydrogens is 262 g/mol. The first-order chi connectivity index (χ1) is 9.63. The van der Waals surface area contributed by atoms with Gasteiger partial charge in [-0.15, -0.1) is 0 Å². The first-order valence-corrected chi connectivity index (χ1v) is 6.62. The smallest absolute Gasteiger partial charge is 0.151 e. The maximum Gasteiger partial charge on any atom is 0.151 e.